The number of hydrogen-bond donors (Lipinski definition) is 0. The van der Waals surface area contributed by atoms with Crippen LogP contribution in [0.2, 0.25) is 0 Å². The van der Waals surface area contributed by atoms with Gasteiger partial charge in [0.1, 0.15) is 5.75 Å². The van der Waals surface area contributed by atoms with E-state index in [1.807, 2.05) is 24.3 Å². The molecule has 4 nitrogen and oxygen atoms in total. The predicted octanol–water partition coefficient (Wildman–Crippen LogP) is 6.97. The molecule has 1 aromatic carbocycles. The molecule has 0 heterocycles. The first kappa shape index (κ1) is 27.4. The Labute approximate surface area is 191 Å². The zero-order valence-electron chi connectivity index (χ0n) is 20.8. The minimum atomic E-state index is 0.143. The van der Waals surface area contributed by atoms with Crippen LogP contribution in [0.1, 0.15) is 103 Å². The molecule has 0 aliphatic rings. The summed E-state index contributed by atoms with van der Waals surface area (Å²) in [6.45, 7) is 15.0. The van der Waals surface area contributed by atoms with Crippen LogP contribution in [0.25, 0.3) is 0 Å². The van der Waals surface area contributed by atoms with Crippen LogP contribution in [-0.2, 0) is 0 Å². The van der Waals surface area contributed by atoms with Gasteiger partial charge in [-0.25, -0.2) is 0 Å². The van der Waals surface area contributed by atoms with Crippen LogP contribution >= 0.6 is 0 Å². The summed E-state index contributed by atoms with van der Waals surface area (Å²) in [6, 6.07) is 7.85. The molecule has 0 aromatic heterocycles. The second-order valence-electron chi connectivity index (χ2n) is 8.77. The summed E-state index contributed by atoms with van der Waals surface area (Å²) in [5.41, 5.74) is 1.77. The van der Waals surface area contributed by atoms with E-state index in [4.69, 9.17) is 4.74 Å². The molecule has 0 radical (unpaired) electrons. The van der Waals surface area contributed by atoms with E-state index in [2.05, 4.69) is 44.5 Å². The Bertz CT molecular complexity index is 615. The van der Waals surface area contributed by atoms with Gasteiger partial charge in [-0.15, -0.1) is 0 Å². The summed E-state index contributed by atoms with van der Waals surface area (Å²) >= 11 is 0. The van der Waals surface area contributed by atoms with E-state index >= 15 is 0 Å². The van der Waals surface area contributed by atoms with Crippen LogP contribution in [0.3, 0.4) is 0 Å². The number of carbonyl (C=O) groups is 1. The third kappa shape index (κ3) is 12.7. The number of nitrogens with zero attached hydrogens (tertiary/aromatic N) is 2. The van der Waals surface area contributed by atoms with Gasteiger partial charge in [-0.3, -0.25) is 9.79 Å². The van der Waals surface area contributed by atoms with Gasteiger partial charge >= 0.3 is 0 Å². The summed E-state index contributed by atoms with van der Waals surface area (Å²) in [4.78, 5) is 19.9. The molecule has 1 aromatic rings. The van der Waals surface area contributed by atoms with Crippen molar-refractivity contribution in [2.45, 2.75) is 98.4 Å². The largest absolute Gasteiger partial charge is 0.494 e. The summed E-state index contributed by atoms with van der Waals surface area (Å²) in [6.07, 6.45) is 9.58. The molecule has 4 heteroatoms. The highest BCUT2D eigenvalue weighted by atomic mass is 16.5. The average Bonchev–Trinajstić information content (AvgIpc) is 2.76. The molecule has 1 rings (SSSR count). The van der Waals surface area contributed by atoms with Gasteiger partial charge in [0.25, 0.3) is 0 Å². The van der Waals surface area contributed by atoms with Crippen molar-refractivity contribution in [2.24, 2.45) is 4.99 Å². The van der Waals surface area contributed by atoms with Gasteiger partial charge in [-0.05, 0) is 83.3 Å². The molecule has 0 amide bonds. The first-order valence-corrected chi connectivity index (χ1v) is 12.5. The number of unbranched alkanes of at least 4 members (excludes halogenated alkanes) is 3. The molecule has 0 aliphatic carbocycles. The van der Waals surface area contributed by atoms with Crippen LogP contribution < -0.4 is 4.74 Å². The Morgan fingerprint density at radius 1 is 0.903 bits per heavy atom. The highest BCUT2D eigenvalue weighted by Crippen LogP contribution is 2.15. The number of aliphatic imine (C=N–C) groups is 1. The lowest BCUT2D eigenvalue weighted by Gasteiger charge is -2.21. The van der Waals surface area contributed by atoms with Crippen molar-refractivity contribution >= 4 is 11.5 Å². The number of ether oxygens (including phenoxy) is 1. The maximum atomic E-state index is 12.7. The van der Waals surface area contributed by atoms with Crippen LogP contribution in [0, 0.1) is 0 Å². The van der Waals surface area contributed by atoms with Gasteiger partial charge in [0.15, 0.2) is 5.78 Å². The maximum Gasteiger partial charge on any atom is 0.168 e. The molecule has 0 unspecified atom stereocenters. The molecule has 31 heavy (non-hydrogen) atoms. The van der Waals surface area contributed by atoms with E-state index < -0.39 is 0 Å². The van der Waals surface area contributed by atoms with Gasteiger partial charge in [-0.2, -0.15) is 0 Å². The zero-order chi connectivity index (χ0) is 22.9. The summed E-state index contributed by atoms with van der Waals surface area (Å²) in [5.74, 6) is 0.983. The van der Waals surface area contributed by atoms with Gasteiger partial charge in [0.05, 0.1) is 6.61 Å². The van der Waals surface area contributed by atoms with Crippen molar-refractivity contribution < 1.29 is 9.53 Å². The Morgan fingerprint density at radius 3 is 2.03 bits per heavy atom. The Balaban J connectivity index is 2.48. The van der Waals surface area contributed by atoms with E-state index in [0.717, 1.165) is 49.3 Å². The van der Waals surface area contributed by atoms with Crippen molar-refractivity contribution in [3.05, 3.63) is 29.8 Å². The topological polar surface area (TPSA) is 41.9 Å². The number of rotatable bonds is 18. The monoisotopic (exact) mass is 430 g/mol. The number of benzene rings is 1. The number of carbonyl (C=O) groups excluding carboxylic acids is 1. The molecule has 0 fully saturated rings. The Hall–Kier alpha value is -1.68. The third-order valence-electron chi connectivity index (χ3n) is 5.34. The van der Waals surface area contributed by atoms with Crippen LogP contribution in [0.4, 0.5) is 0 Å². The van der Waals surface area contributed by atoms with Gasteiger partial charge in [-0.1, -0.05) is 40.0 Å². The molecular weight excluding hydrogens is 384 g/mol. The molecule has 0 saturated carbocycles. The van der Waals surface area contributed by atoms with Crippen molar-refractivity contribution in [3.8, 4) is 5.75 Å². The molecule has 0 saturated heterocycles. The van der Waals surface area contributed by atoms with E-state index in [-0.39, 0.29) is 11.8 Å². The fraction of sp³-hybridized carbons (Fsp3) is 0.704. The third-order valence-corrected chi connectivity index (χ3v) is 5.34. The smallest absolute Gasteiger partial charge is 0.168 e. The van der Waals surface area contributed by atoms with Gasteiger partial charge in [0, 0.05) is 30.3 Å². The second-order valence-corrected chi connectivity index (χ2v) is 8.77. The predicted molar refractivity (Wildman–Crippen MR) is 134 cm³/mol. The number of ketones is 1. The number of hydrogen-bond acceptors (Lipinski definition) is 4. The molecule has 176 valence electrons. The van der Waals surface area contributed by atoms with Gasteiger partial charge < -0.3 is 9.64 Å². The lowest BCUT2D eigenvalue weighted by atomic mass is 10.0. The van der Waals surface area contributed by atoms with E-state index in [1.165, 1.54) is 38.8 Å². The quantitative estimate of drug-likeness (QED) is 0.143. The molecule has 0 atom stereocenters. The molecule has 0 N–H and O–H groups in total. The van der Waals surface area contributed by atoms with E-state index in [9.17, 15) is 4.79 Å². The molecular formula is C27H46N2O2. The summed E-state index contributed by atoms with van der Waals surface area (Å²) in [7, 11) is 0. The van der Waals surface area contributed by atoms with Crippen molar-refractivity contribution in [3.63, 3.8) is 0 Å². The van der Waals surface area contributed by atoms with Crippen LogP contribution in [-0.4, -0.2) is 48.7 Å². The van der Waals surface area contributed by atoms with Crippen molar-refractivity contribution in [1.29, 1.82) is 0 Å². The standard InChI is InChI=1S/C27H46N2O2/c1-6-9-13-25(28-23(4)5)22-27(30)24-14-16-26(17-15-24)31-21-12-20-29(18-10-7-2)19-11-8-3/h14-17,23H,6-13,18-22H2,1-5H3. The Kier molecular flexibility index (Phi) is 15.0. The molecule has 0 bridgehead atoms. The first-order valence-electron chi connectivity index (χ1n) is 12.5. The molecule has 0 spiro atoms. The minimum absolute atomic E-state index is 0.143. The zero-order valence-corrected chi connectivity index (χ0v) is 20.8. The minimum Gasteiger partial charge on any atom is -0.494 e. The normalized spacial score (nSPS) is 12.0. The van der Waals surface area contributed by atoms with Gasteiger partial charge in [0.2, 0.25) is 0 Å². The van der Waals surface area contributed by atoms with Crippen LogP contribution in [0.15, 0.2) is 29.3 Å². The lowest BCUT2D eigenvalue weighted by molar-refractivity contribution is 0.1000. The highest BCUT2D eigenvalue weighted by Gasteiger charge is 2.11. The molecule has 0 aliphatic heterocycles. The highest BCUT2D eigenvalue weighted by molar-refractivity contribution is 6.09. The summed E-state index contributed by atoms with van der Waals surface area (Å²) in [5, 5.41) is 0. The van der Waals surface area contributed by atoms with E-state index in [1.54, 1.807) is 0 Å². The fourth-order valence-corrected chi connectivity index (χ4v) is 3.55. The van der Waals surface area contributed by atoms with Crippen molar-refractivity contribution in [2.75, 3.05) is 26.2 Å². The Morgan fingerprint density at radius 2 is 1.48 bits per heavy atom. The van der Waals surface area contributed by atoms with E-state index in [0.29, 0.717) is 13.0 Å². The maximum absolute atomic E-state index is 12.7. The summed E-state index contributed by atoms with van der Waals surface area (Å²) < 4.78 is 5.93. The second kappa shape index (κ2) is 16.9. The lowest BCUT2D eigenvalue weighted by Crippen LogP contribution is -2.28. The fourth-order valence-electron chi connectivity index (χ4n) is 3.55. The first-order chi connectivity index (χ1) is 15.0. The average molecular weight is 431 g/mol. The SMILES string of the molecule is CCCCC(CC(=O)c1ccc(OCCCN(CCCC)CCCC)cc1)=NC(C)C. The van der Waals surface area contributed by atoms with Crippen LogP contribution in [0.5, 0.6) is 5.75 Å². The number of Topliss-reactive ketones (excluding diaryl/α,β-unsaturated/α-hetero) is 1. The van der Waals surface area contributed by atoms with Crippen molar-refractivity contribution in [1.82, 2.24) is 4.90 Å².